The van der Waals surface area contributed by atoms with Gasteiger partial charge in [0.15, 0.2) is 0 Å². The second kappa shape index (κ2) is 6.32. The monoisotopic (exact) mass is 221 g/mol. The SMILES string of the molecule is CC.CSSC1CC(=O)N(C)C1=O. The van der Waals surface area contributed by atoms with Crippen molar-refractivity contribution in [2.24, 2.45) is 0 Å². The van der Waals surface area contributed by atoms with E-state index in [2.05, 4.69) is 0 Å². The summed E-state index contributed by atoms with van der Waals surface area (Å²) in [6.45, 7) is 4.00. The predicted molar refractivity (Wildman–Crippen MR) is 58.6 cm³/mol. The van der Waals surface area contributed by atoms with Crippen LogP contribution in [0, 0.1) is 0 Å². The quantitative estimate of drug-likeness (QED) is 0.526. The van der Waals surface area contributed by atoms with Gasteiger partial charge in [-0.25, -0.2) is 0 Å². The molecule has 76 valence electrons. The zero-order chi connectivity index (χ0) is 10.4. The van der Waals surface area contributed by atoms with Crippen LogP contribution in [0.25, 0.3) is 0 Å². The molecule has 1 atom stereocenters. The smallest absolute Gasteiger partial charge is 0.243 e. The predicted octanol–water partition coefficient (Wildman–Crippen LogP) is 1.78. The van der Waals surface area contributed by atoms with Crippen molar-refractivity contribution in [3.8, 4) is 0 Å². The molecule has 1 heterocycles. The minimum atomic E-state index is -0.150. The maximum absolute atomic E-state index is 11.2. The van der Waals surface area contributed by atoms with Gasteiger partial charge in [0.2, 0.25) is 11.8 Å². The summed E-state index contributed by atoms with van der Waals surface area (Å²) < 4.78 is 0. The lowest BCUT2D eigenvalue weighted by molar-refractivity contribution is -0.136. The summed E-state index contributed by atoms with van der Waals surface area (Å²) in [5.74, 6) is -0.129. The third-order valence-corrected chi connectivity index (χ3v) is 3.62. The minimum Gasteiger partial charge on any atom is -0.285 e. The van der Waals surface area contributed by atoms with E-state index < -0.39 is 0 Å². The van der Waals surface area contributed by atoms with Gasteiger partial charge >= 0.3 is 0 Å². The minimum absolute atomic E-state index is 0.0608. The number of carbonyl (C=O) groups excluding carboxylic acids is 2. The van der Waals surface area contributed by atoms with Crippen molar-refractivity contribution < 1.29 is 9.59 Å². The number of imide groups is 1. The standard InChI is InChI=1S/C6H9NO2S2.C2H6/c1-7-5(8)3-4(6(7)9)11-10-2;1-2/h4H,3H2,1-2H3;1-2H3. The molecular weight excluding hydrogens is 206 g/mol. The normalized spacial score (nSPS) is 21.5. The molecular formula is C8H15NO2S2. The zero-order valence-electron chi connectivity index (χ0n) is 8.36. The van der Waals surface area contributed by atoms with Crippen LogP contribution in [0.2, 0.25) is 0 Å². The van der Waals surface area contributed by atoms with Crippen LogP contribution in [0.15, 0.2) is 0 Å². The third-order valence-electron chi connectivity index (χ3n) is 1.55. The van der Waals surface area contributed by atoms with Crippen molar-refractivity contribution in [2.75, 3.05) is 13.3 Å². The van der Waals surface area contributed by atoms with E-state index >= 15 is 0 Å². The first kappa shape index (κ1) is 12.8. The second-order valence-corrected chi connectivity index (χ2v) is 4.92. The fourth-order valence-corrected chi connectivity index (χ4v) is 2.74. The Kier molecular flexibility index (Phi) is 6.24. The molecule has 1 fully saturated rings. The van der Waals surface area contributed by atoms with E-state index in [0.29, 0.717) is 6.42 Å². The Labute approximate surface area is 87.0 Å². The lowest BCUT2D eigenvalue weighted by Crippen LogP contribution is -2.26. The Bertz CT molecular complexity index is 197. The van der Waals surface area contributed by atoms with E-state index in [1.54, 1.807) is 0 Å². The van der Waals surface area contributed by atoms with Crippen LogP contribution in [0.4, 0.5) is 0 Å². The van der Waals surface area contributed by atoms with E-state index in [9.17, 15) is 9.59 Å². The first-order chi connectivity index (χ1) is 6.16. The van der Waals surface area contributed by atoms with Gasteiger partial charge < -0.3 is 0 Å². The van der Waals surface area contributed by atoms with Gasteiger partial charge in [0, 0.05) is 13.5 Å². The molecule has 1 aliphatic heterocycles. The fourth-order valence-electron chi connectivity index (χ4n) is 0.913. The average Bonchev–Trinajstić information content (AvgIpc) is 2.38. The molecule has 0 aromatic heterocycles. The number of carbonyl (C=O) groups is 2. The van der Waals surface area contributed by atoms with Crippen LogP contribution < -0.4 is 0 Å². The molecule has 0 N–H and O–H groups in total. The van der Waals surface area contributed by atoms with Gasteiger partial charge in [-0.1, -0.05) is 35.4 Å². The van der Waals surface area contributed by atoms with Crippen molar-refractivity contribution in [1.29, 1.82) is 0 Å². The van der Waals surface area contributed by atoms with E-state index in [-0.39, 0.29) is 17.1 Å². The zero-order valence-corrected chi connectivity index (χ0v) is 10.00. The molecule has 0 saturated carbocycles. The Balaban J connectivity index is 0.000000671. The Morgan fingerprint density at radius 2 is 1.92 bits per heavy atom. The van der Waals surface area contributed by atoms with Crippen molar-refractivity contribution >= 4 is 33.4 Å². The molecule has 5 heteroatoms. The first-order valence-corrected chi connectivity index (χ1v) is 6.79. The van der Waals surface area contributed by atoms with Crippen LogP contribution in [-0.2, 0) is 9.59 Å². The molecule has 0 aromatic rings. The summed E-state index contributed by atoms with van der Waals surface area (Å²) in [4.78, 5) is 23.3. The molecule has 0 aromatic carbocycles. The van der Waals surface area contributed by atoms with Gasteiger partial charge in [-0.15, -0.1) is 0 Å². The number of likely N-dealkylation sites (tertiary alicyclic amines) is 1. The Hall–Kier alpha value is -0.160. The van der Waals surface area contributed by atoms with E-state index in [4.69, 9.17) is 0 Å². The number of amides is 2. The molecule has 1 rings (SSSR count). The molecule has 0 bridgehead atoms. The molecule has 0 radical (unpaired) electrons. The highest BCUT2D eigenvalue weighted by Crippen LogP contribution is 2.31. The van der Waals surface area contributed by atoms with Gasteiger partial charge in [-0.05, 0) is 6.26 Å². The van der Waals surface area contributed by atoms with Crippen molar-refractivity contribution in [2.45, 2.75) is 25.5 Å². The van der Waals surface area contributed by atoms with Crippen molar-refractivity contribution in [3.63, 3.8) is 0 Å². The molecule has 3 nitrogen and oxygen atoms in total. The highest BCUT2D eigenvalue weighted by atomic mass is 33.1. The second-order valence-electron chi connectivity index (χ2n) is 2.25. The van der Waals surface area contributed by atoms with Gasteiger partial charge in [0.1, 0.15) is 5.25 Å². The lowest BCUT2D eigenvalue weighted by atomic mass is 10.4. The molecule has 0 aliphatic carbocycles. The molecule has 1 aliphatic rings. The molecule has 1 saturated heterocycles. The highest BCUT2D eigenvalue weighted by molar-refractivity contribution is 8.76. The Morgan fingerprint density at radius 1 is 1.38 bits per heavy atom. The van der Waals surface area contributed by atoms with Gasteiger partial charge in [0.25, 0.3) is 0 Å². The van der Waals surface area contributed by atoms with Crippen LogP contribution >= 0.6 is 21.6 Å². The van der Waals surface area contributed by atoms with E-state index in [0.717, 1.165) is 0 Å². The molecule has 1 unspecified atom stereocenters. The molecule has 0 spiro atoms. The summed E-state index contributed by atoms with van der Waals surface area (Å²) in [6, 6.07) is 0. The summed E-state index contributed by atoms with van der Waals surface area (Å²) in [7, 11) is 4.52. The highest BCUT2D eigenvalue weighted by Gasteiger charge is 2.36. The average molecular weight is 221 g/mol. The number of hydrogen-bond acceptors (Lipinski definition) is 4. The van der Waals surface area contributed by atoms with Crippen molar-refractivity contribution in [1.82, 2.24) is 4.90 Å². The Morgan fingerprint density at radius 3 is 2.23 bits per heavy atom. The van der Waals surface area contributed by atoms with E-state index in [1.807, 2.05) is 20.1 Å². The molecule has 13 heavy (non-hydrogen) atoms. The summed E-state index contributed by atoms with van der Waals surface area (Å²) >= 11 is 0. The maximum atomic E-state index is 11.2. The first-order valence-electron chi connectivity index (χ1n) is 4.16. The molecule has 2 amide bonds. The third kappa shape index (κ3) is 3.23. The number of hydrogen-bond donors (Lipinski definition) is 0. The van der Waals surface area contributed by atoms with Gasteiger partial charge in [0.05, 0.1) is 0 Å². The number of nitrogens with zero attached hydrogens (tertiary/aromatic N) is 1. The topological polar surface area (TPSA) is 37.4 Å². The summed E-state index contributed by atoms with van der Waals surface area (Å²) in [6.07, 6.45) is 2.27. The van der Waals surface area contributed by atoms with Crippen LogP contribution in [-0.4, -0.2) is 35.3 Å². The van der Waals surface area contributed by atoms with E-state index in [1.165, 1.54) is 33.5 Å². The maximum Gasteiger partial charge on any atom is 0.243 e. The van der Waals surface area contributed by atoms with Crippen LogP contribution in [0.3, 0.4) is 0 Å². The van der Waals surface area contributed by atoms with Crippen LogP contribution in [0.1, 0.15) is 20.3 Å². The van der Waals surface area contributed by atoms with Crippen molar-refractivity contribution in [3.05, 3.63) is 0 Å². The summed E-state index contributed by atoms with van der Waals surface area (Å²) in [5, 5.41) is -0.150. The van der Waals surface area contributed by atoms with Gasteiger partial charge in [-0.2, -0.15) is 0 Å². The fraction of sp³-hybridized carbons (Fsp3) is 0.750. The lowest BCUT2D eigenvalue weighted by Gasteiger charge is -2.05. The van der Waals surface area contributed by atoms with Gasteiger partial charge in [-0.3, -0.25) is 14.5 Å². The largest absolute Gasteiger partial charge is 0.285 e. The summed E-state index contributed by atoms with van der Waals surface area (Å²) in [5.41, 5.74) is 0. The number of rotatable bonds is 2. The van der Waals surface area contributed by atoms with Crippen LogP contribution in [0.5, 0.6) is 0 Å².